The van der Waals surface area contributed by atoms with Crippen molar-refractivity contribution in [3.05, 3.63) is 84.2 Å². The summed E-state index contributed by atoms with van der Waals surface area (Å²) in [5.74, 6) is -1.24. The quantitative estimate of drug-likeness (QED) is 0.338. The molecule has 196 valence electrons. The summed E-state index contributed by atoms with van der Waals surface area (Å²) < 4.78 is 6.31. The summed E-state index contributed by atoms with van der Waals surface area (Å²) in [6, 6.07) is 16.1. The molecule has 1 N–H and O–H groups in total. The average molecular weight is 515 g/mol. The van der Waals surface area contributed by atoms with Crippen LogP contribution in [0, 0.1) is 0 Å². The number of anilines is 1. The monoisotopic (exact) mass is 514 g/mol. The standard InChI is InChI=1S/C28H30N6O4/c1-5-28(2,3)30-26(36)25(19-14-16-29-17-15-19)34(21-12-10-20(11-13-21)27(37)38-4)24(35)18-33-23-9-7-6-8-22(23)31-32-33/h6-17,25H,5,18H2,1-4H3,(H,30,36)/t25-/m1/s1. The van der Waals surface area contributed by atoms with E-state index >= 15 is 0 Å². The Morgan fingerprint density at radius 1 is 1.03 bits per heavy atom. The number of amides is 2. The summed E-state index contributed by atoms with van der Waals surface area (Å²) in [6.07, 6.45) is 3.84. The van der Waals surface area contributed by atoms with E-state index in [1.165, 1.54) is 16.7 Å². The van der Waals surface area contributed by atoms with Gasteiger partial charge in [0, 0.05) is 23.6 Å². The zero-order valence-electron chi connectivity index (χ0n) is 21.8. The predicted octanol–water partition coefficient (Wildman–Crippen LogP) is 3.69. The number of ether oxygens (including phenoxy) is 1. The Balaban J connectivity index is 1.81. The second-order valence-corrected chi connectivity index (χ2v) is 9.45. The maximum Gasteiger partial charge on any atom is 0.337 e. The van der Waals surface area contributed by atoms with Crippen LogP contribution in [0.4, 0.5) is 5.69 Å². The molecule has 0 aliphatic heterocycles. The van der Waals surface area contributed by atoms with Crippen molar-refractivity contribution < 1.29 is 19.1 Å². The van der Waals surface area contributed by atoms with Gasteiger partial charge in [-0.2, -0.15) is 0 Å². The first-order valence-corrected chi connectivity index (χ1v) is 12.2. The lowest BCUT2D eigenvalue weighted by Gasteiger charge is -2.34. The smallest absolute Gasteiger partial charge is 0.337 e. The van der Waals surface area contributed by atoms with E-state index in [1.54, 1.807) is 48.8 Å². The average Bonchev–Trinajstić information content (AvgIpc) is 3.34. The minimum Gasteiger partial charge on any atom is -0.465 e. The van der Waals surface area contributed by atoms with Crippen LogP contribution < -0.4 is 10.2 Å². The van der Waals surface area contributed by atoms with E-state index in [-0.39, 0.29) is 12.5 Å². The highest BCUT2D eigenvalue weighted by Crippen LogP contribution is 2.30. The van der Waals surface area contributed by atoms with Crippen molar-refractivity contribution in [1.82, 2.24) is 25.3 Å². The Morgan fingerprint density at radius 3 is 2.37 bits per heavy atom. The van der Waals surface area contributed by atoms with Crippen LogP contribution in [0.1, 0.15) is 49.2 Å². The summed E-state index contributed by atoms with van der Waals surface area (Å²) >= 11 is 0. The number of esters is 1. The van der Waals surface area contributed by atoms with Crippen molar-refractivity contribution in [2.24, 2.45) is 0 Å². The molecule has 0 bridgehead atoms. The van der Waals surface area contributed by atoms with Gasteiger partial charge in [-0.05, 0) is 74.4 Å². The number of rotatable bonds is 9. The highest BCUT2D eigenvalue weighted by atomic mass is 16.5. The fraction of sp³-hybridized carbons (Fsp3) is 0.286. The number of pyridine rings is 1. The van der Waals surface area contributed by atoms with Crippen molar-refractivity contribution in [3.63, 3.8) is 0 Å². The number of hydrogen-bond acceptors (Lipinski definition) is 7. The maximum absolute atomic E-state index is 14.0. The molecule has 0 saturated heterocycles. The van der Waals surface area contributed by atoms with Crippen molar-refractivity contribution in [3.8, 4) is 0 Å². The Kier molecular flexibility index (Phi) is 7.80. The molecule has 0 radical (unpaired) electrons. The third-order valence-corrected chi connectivity index (χ3v) is 6.41. The molecule has 2 heterocycles. The summed E-state index contributed by atoms with van der Waals surface area (Å²) in [4.78, 5) is 45.4. The number of nitrogens with one attached hydrogen (secondary N) is 1. The SMILES string of the molecule is CCC(C)(C)NC(=O)[C@@H](c1ccncc1)N(C(=O)Cn1nnc2ccccc21)c1ccc(C(=O)OC)cc1. The molecule has 2 aromatic heterocycles. The third-order valence-electron chi connectivity index (χ3n) is 6.41. The molecule has 4 rings (SSSR count). The Morgan fingerprint density at radius 2 is 1.71 bits per heavy atom. The van der Waals surface area contributed by atoms with Gasteiger partial charge >= 0.3 is 5.97 Å². The van der Waals surface area contributed by atoms with Crippen LogP contribution in [0.5, 0.6) is 0 Å². The topological polar surface area (TPSA) is 119 Å². The van der Waals surface area contributed by atoms with Crippen molar-refractivity contribution >= 4 is 34.5 Å². The van der Waals surface area contributed by atoms with Gasteiger partial charge in [-0.3, -0.25) is 19.5 Å². The molecule has 1 atom stereocenters. The van der Waals surface area contributed by atoms with E-state index in [0.717, 1.165) is 0 Å². The lowest BCUT2D eigenvalue weighted by atomic mass is 9.98. The molecule has 0 unspecified atom stereocenters. The number of benzene rings is 2. The molecule has 10 heteroatoms. The summed E-state index contributed by atoms with van der Waals surface area (Å²) in [5, 5.41) is 11.4. The van der Waals surface area contributed by atoms with Gasteiger partial charge in [0.05, 0.1) is 18.2 Å². The third kappa shape index (κ3) is 5.69. The lowest BCUT2D eigenvalue weighted by Crippen LogP contribution is -2.51. The molecule has 38 heavy (non-hydrogen) atoms. The second-order valence-electron chi connectivity index (χ2n) is 9.45. The lowest BCUT2D eigenvalue weighted by molar-refractivity contribution is -0.128. The van der Waals surface area contributed by atoms with Gasteiger partial charge in [0.2, 0.25) is 11.8 Å². The number of fused-ring (bicyclic) bond motifs is 1. The van der Waals surface area contributed by atoms with Crippen LogP contribution >= 0.6 is 0 Å². The second kappa shape index (κ2) is 11.2. The van der Waals surface area contributed by atoms with E-state index in [2.05, 4.69) is 20.6 Å². The number of carbonyl (C=O) groups excluding carboxylic acids is 3. The molecule has 2 amide bonds. The van der Waals surface area contributed by atoms with Crippen molar-refractivity contribution in [2.75, 3.05) is 12.0 Å². The fourth-order valence-corrected chi connectivity index (χ4v) is 4.01. The molecule has 4 aromatic rings. The molecule has 0 fully saturated rings. The first-order chi connectivity index (χ1) is 18.2. The minimum atomic E-state index is -1.02. The fourth-order valence-electron chi connectivity index (χ4n) is 4.01. The van der Waals surface area contributed by atoms with Gasteiger partial charge in [0.25, 0.3) is 0 Å². The van der Waals surface area contributed by atoms with Crippen molar-refractivity contribution in [1.29, 1.82) is 0 Å². The molecule has 0 aliphatic carbocycles. The van der Waals surface area contributed by atoms with Gasteiger partial charge in [-0.1, -0.05) is 24.3 Å². The van der Waals surface area contributed by atoms with Gasteiger partial charge in [0.1, 0.15) is 18.1 Å². The van der Waals surface area contributed by atoms with E-state index in [9.17, 15) is 14.4 Å². The minimum absolute atomic E-state index is 0.161. The maximum atomic E-state index is 14.0. The van der Waals surface area contributed by atoms with Gasteiger partial charge in [-0.15, -0.1) is 5.10 Å². The van der Waals surface area contributed by atoms with E-state index < -0.39 is 23.5 Å². The van der Waals surface area contributed by atoms with E-state index in [4.69, 9.17) is 4.74 Å². The molecular formula is C28H30N6O4. The molecule has 0 spiro atoms. The molecule has 0 aliphatic rings. The van der Waals surface area contributed by atoms with Crippen LogP contribution in [-0.2, 0) is 20.9 Å². The number of hydrogen-bond donors (Lipinski definition) is 1. The highest BCUT2D eigenvalue weighted by Gasteiger charge is 2.35. The Labute approximate surface area is 220 Å². The zero-order chi connectivity index (χ0) is 27.3. The van der Waals surface area contributed by atoms with Crippen molar-refractivity contribution in [2.45, 2.75) is 45.3 Å². The van der Waals surface area contributed by atoms with Gasteiger partial charge < -0.3 is 10.1 Å². The van der Waals surface area contributed by atoms with Crippen LogP contribution in [-0.4, -0.2) is 50.4 Å². The normalized spacial score (nSPS) is 12.1. The number of methoxy groups -OCH3 is 1. The van der Waals surface area contributed by atoms with Crippen LogP contribution in [0.2, 0.25) is 0 Å². The van der Waals surface area contributed by atoms with E-state index in [1.807, 2.05) is 45.0 Å². The summed E-state index contributed by atoms with van der Waals surface area (Å²) in [5.41, 5.74) is 2.18. The molecular weight excluding hydrogens is 484 g/mol. The van der Waals surface area contributed by atoms with E-state index in [0.29, 0.717) is 34.3 Å². The number of carbonyl (C=O) groups is 3. The van der Waals surface area contributed by atoms with Crippen LogP contribution in [0.15, 0.2) is 73.1 Å². The van der Waals surface area contributed by atoms with Crippen LogP contribution in [0.3, 0.4) is 0 Å². The molecule has 2 aromatic carbocycles. The first kappa shape index (κ1) is 26.5. The van der Waals surface area contributed by atoms with Gasteiger partial charge in [0.15, 0.2) is 0 Å². The Hall–Kier alpha value is -4.60. The number of para-hydroxylation sites is 1. The largest absolute Gasteiger partial charge is 0.465 e. The highest BCUT2D eigenvalue weighted by molar-refractivity contribution is 6.02. The number of aromatic nitrogens is 4. The first-order valence-electron chi connectivity index (χ1n) is 12.2. The summed E-state index contributed by atoms with van der Waals surface area (Å²) in [7, 11) is 1.30. The number of nitrogens with zero attached hydrogens (tertiary/aromatic N) is 5. The molecule has 10 nitrogen and oxygen atoms in total. The van der Waals surface area contributed by atoms with Gasteiger partial charge in [-0.25, -0.2) is 9.48 Å². The summed E-state index contributed by atoms with van der Waals surface area (Å²) in [6.45, 7) is 5.66. The Bertz CT molecular complexity index is 1430. The zero-order valence-corrected chi connectivity index (χ0v) is 21.8. The molecule has 0 saturated carbocycles. The predicted molar refractivity (Wildman–Crippen MR) is 142 cm³/mol. The van der Waals surface area contributed by atoms with Crippen LogP contribution in [0.25, 0.3) is 11.0 Å².